The van der Waals surface area contributed by atoms with Crippen molar-refractivity contribution in [2.45, 2.75) is 31.8 Å². The molecule has 4 nitrogen and oxygen atoms in total. The van der Waals surface area contributed by atoms with Crippen LogP contribution in [0.25, 0.3) is 0 Å². The lowest BCUT2D eigenvalue weighted by molar-refractivity contribution is -0.133. The zero-order valence-electron chi connectivity index (χ0n) is 13.3. The third-order valence-electron chi connectivity index (χ3n) is 4.76. The summed E-state index contributed by atoms with van der Waals surface area (Å²) in [7, 11) is 1.99. The first kappa shape index (κ1) is 17.3. The fourth-order valence-electron chi connectivity index (χ4n) is 3.55. The van der Waals surface area contributed by atoms with Gasteiger partial charge in [-0.1, -0.05) is 24.3 Å². The Morgan fingerprint density at radius 3 is 2.82 bits per heavy atom. The van der Waals surface area contributed by atoms with E-state index in [9.17, 15) is 4.79 Å². The molecule has 2 aliphatic heterocycles. The van der Waals surface area contributed by atoms with Crippen molar-refractivity contribution in [1.29, 1.82) is 0 Å². The molecule has 1 aromatic carbocycles. The number of likely N-dealkylation sites (N-methyl/N-ethyl adjacent to an activating group) is 1. The smallest absolute Gasteiger partial charge is 0.237 e. The standard InChI is InChI=1S/C17H25N3O.ClH/c1-18-11-16-7-4-9-19(16)13-17(21)20-10-8-14-5-2-3-6-15(14)12-20;/h2-3,5-6,16,18H,4,7-13H2,1H3;1H. The van der Waals surface area contributed by atoms with E-state index in [4.69, 9.17) is 0 Å². The van der Waals surface area contributed by atoms with Crippen molar-refractivity contribution in [3.05, 3.63) is 35.4 Å². The Labute approximate surface area is 139 Å². The molecule has 1 fully saturated rings. The van der Waals surface area contributed by atoms with E-state index >= 15 is 0 Å². The van der Waals surface area contributed by atoms with Gasteiger partial charge in [0.25, 0.3) is 0 Å². The van der Waals surface area contributed by atoms with E-state index in [0.717, 1.165) is 32.6 Å². The maximum Gasteiger partial charge on any atom is 0.237 e. The van der Waals surface area contributed by atoms with Gasteiger partial charge < -0.3 is 10.2 Å². The molecule has 0 radical (unpaired) electrons. The van der Waals surface area contributed by atoms with Gasteiger partial charge in [0, 0.05) is 25.7 Å². The number of fused-ring (bicyclic) bond motifs is 1. The number of hydrogen-bond acceptors (Lipinski definition) is 3. The first-order chi connectivity index (χ1) is 10.3. The van der Waals surface area contributed by atoms with Gasteiger partial charge in [0.1, 0.15) is 0 Å². The number of nitrogens with zero attached hydrogens (tertiary/aromatic N) is 2. The molecule has 1 aromatic rings. The molecule has 3 rings (SSSR count). The molecule has 0 spiro atoms. The first-order valence-corrected chi connectivity index (χ1v) is 8.01. The Morgan fingerprint density at radius 2 is 2.05 bits per heavy atom. The quantitative estimate of drug-likeness (QED) is 0.915. The average molecular weight is 324 g/mol. The van der Waals surface area contributed by atoms with Gasteiger partial charge in [-0.05, 0) is 44.0 Å². The summed E-state index contributed by atoms with van der Waals surface area (Å²) in [6.45, 7) is 4.26. The third kappa shape index (κ3) is 3.80. The molecular weight excluding hydrogens is 298 g/mol. The van der Waals surface area contributed by atoms with Crippen LogP contribution in [0.1, 0.15) is 24.0 Å². The number of carbonyl (C=O) groups is 1. The number of likely N-dealkylation sites (tertiary alicyclic amines) is 1. The largest absolute Gasteiger partial charge is 0.337 e. The maximum absolute atomic E-state index is 12.6. The molecule has 5 heteroatoms. The van der Waals surface area contributed by atoms with Gasteiger partial charge in [0.05, 0.1) is 6.54 Å². The molecule has 1 amide bonds. The molecule has 2 aliphatic rings. The summed E-state index contributed by atoms with van der Waals surface area (Å²) in [5, 5.41) is 3.24. The van der Waals surface area contributed by atoms with Gasteiger partial charge in [0.15, 0.2) is 0 Å². The van der Waals surface area contributed by atoms with E-state index in [1.165, 1.54) is 24.0 Å². The Morgan fingerprint density at radius 1 is 1.27 bits per heavy atom. The second-order valence-electron chi connectivity index (χ2n) is 6.16. The number of carbonyl (C=O) groups excluding carboxylic acids is 1. The van der Waals surface area contributed by atoms with Gasteiger partial charge in [-0.25, -0.2) is 0 Å². The highest BCUT2D eigenvalue weighted by molar-refractivity contribution is 5.85. The molecule has 0 aliphatic carbocycles. The average Bonchev–Trinajstić information content (AvgIpc) is 2.94. The molecule has 2 heterocycles. The number of halogens is 1. The Balaban J connectivity index is 0.00000176. The van der Waals surface area contributed by atoms with Crippen LogP contribution in [0.3, 0.4) is 0 Å². The lowest BCUT2D eigenvalue weighted by atomic mass is 10.00. The predicted molar refractivity (Wildman–Crippen MR) is 91.3 cm³/mol. The maximum atomic E-state index is 12.6. The van der Waals surface area contributed by atoms with Crippen LogP contribution < -0.4 is 5.32 Å². The zero-order chi connectivity index (χ0) is 14.7. The summed E-state index contributed by atoms with van der Waals surface area (Å²) >= 11 is 0. The van der Waals surface area contributed by atoms with E-state index in [1.807, 2.05) is 11.9 Å². The summed E-state index contributed by atoms with van der Waals surface area (Å²) in [6, 6.07) is 9.00. The highest BCUT2D eigenvalue weighted by Gasteiger charge is 2.28. The number of benzene rings is 1. The van der Waals surface area contributed by atoms with E-state index in [-0.39, 0.29) is 18.3 Å². The Hall–Kier alpha value is -1.10. The van der Waals surface area contributed by atoms with Gasteiger partial charge in [-0.15, -0.1) is 12.4 Å². The molecule has 122 valence electrons. The van der Waals surface area contributed by atoms with Crippen LogP contribution in [0, 0.1) is 0 Å². The van der Waals surface area contributed by atoms with Crippen LogP contribution >= 0.6 is 12.4 Å². The topological polar surface area (TPSA) is 35.6 Å². The monoisotopic (exact) mass is 323 g/mol. The minimum Gasteiger partial charge on any atom is -0.337 e. The zero-order valence-corrected chi connectivity index (χ0v) is 14.1. The Kier molecular flexibility index (Phi) is 6.24. The number of rotatable bonds is 4. The highest BCUT2D eigenvalue weighted by atomic mass is 35.5. The van der Waals surface area contributed by atoms with Gasteiger partial charge in [-0.3, -0.25) is 9.69 Å². The van der Waals surface area contributed by atoms with Crippen LogP contribution in [-0.4, -0.2) is 55.0 Å². The van der Waals surface area contributed by atoms with Crippen LogP contribution in [0.2, 0.25) is 0 Å². The molecule has 0 saturated carbocycles. The van der Waals surface area contributed by atoms with Gasteiger partial charge >= 0.3 is 0 Å². The van der Waals surface area contributed by atoms with Crippen molar-refractivity contribution in [1.82, 2.24) is 15.1 Å². The molecule has 0 bridgehead atoms. The number of hydrogen-bond donors (Lipinski definition) is 1. The molecule has 0 aromatic heterocycles. The SMILES string of the molecule is CNCC1CCCN1CC(=O)N1CCc2ccccc2C1.Cl. The van der Waals surface area contributed by atoms with E-state index in [2.05, 4.69) is 34.5 Å². The minimum absolute atomic E-state index is 0. The lowest BCUT2D eigenvalue weighted by Crippen LogP contribution is -2.46. The number of amides is 1. The van der Waals surface area contributed by atoms with Crippen molar-refractivity contribution in [3.8, 4) is 0 Å². The van der Waals surface area contributed by atoms with E-state index in [0.29, 0.717) is 12.6 Å². The lowest BCUT2D eigenvalue weighted by Gasteiger charge is -2.31. The first-order valence-electron chi connectivity index (χ1n) is 8.01. The highest BCUT2D eigenvalue weighted by Crippen LogP contribution is 2.20. The molecule has 1 unspecified atom stereocenters. The third-order valence-corrected chi connectivity index (χ3v) is 4.76. The molecule has 22 heavy (non-hydrogen) atoms. The summed E-state index contributed by atoms with van der Waals surface area (Å²) in [6.07, 6.45) is 3.40. The fraction of sp³-hybridized carbons (Fsp3) is 0.588. The van der Waals surface area contributed by atoms with Crippen LogP contribution in [0.4, 0.5) is 0 Å². The van der Waals surface area contributed by atoms with Crippen LogP contribution in [-0.2, 0) is 17.8 Å². The second kappa shape index (κ2) is 7.95. The molecular formula is C17H26ClN3O. The normalized spacial score (nSPS) is 21.3. The second-order valence-corrected chi connectivity index (χ2v) is 6.16. The van der Waals surface area contributed by atoms with Crippen molar-refractivity contribution < 1.29 is 4.79 Å². The summed E-state index contributed by atoms with van der Waals surface area (Å²) in [4.78, 5) is 16.9. The van der Waals surface area contributed by atoms with Crippen molar-refractivity contribution >= 4 is 18.3 Å². The minimum atomic E-state index is 0. The van der Waals surface area contributed by atoms with Gasteiger partial charge in [-0.2, -0.15) is 0 Å². The molecule has 1 atom stereocenters. The van der Waals surface area contributed by atoms with Crippen LogP contribution in [0.5, 0.6) is 0 Å². The van der Waals surface area contributed by atoms with Crippen molar-refractivity contribution in [2.24, 2.45) is 0 Å². The predicted octanol–water partition coefficient (Wildman–Crippen LogP) is 1.68. The van der Waals surface area contributed by atoms with Crippen molar-refractivity contribution in [2.75, 3.05) is 33.2 Å². The molecule has 1 saturated heterocycles. The summed E-state index contributed by atoms with van der Waals surface area (Å²) in [5.74, 6) is 0.285. The number of nitrogens with one attached hydrogen (secondary N) is 1. The summed E-state index contributed by atoms with van der Waals surface area (Å²) in [5.41, 5.74) is 2.71. The van der Waals surface area contributed by atoms with Gasteiger partial charge in [0.2, 0.25) is 5.91 Å². The van der Waals surface area contributed by atoms with Crippen molar-refractivity contribution in [3.63, 3.8) is 0 Å². The van der Waals surface area contributed by atoms with E-state index in [1.54, 1.807) is 0 Å². The van der Waals surface area contributed by atoms with Crippen LogP contribution in [0.15, 0.2) is 24.3 Å². The summed E-state index contributed by atoms with van der Waals surface area (Å²) < 4.78 is 0. The Bertz CT molecular complexity index is 508. The van der Waals surface area contributed by atoms with E-state index < -0.39 is 0 Å². The molecule has 1 N–H and O–H groups in total. The fourth-order valence-corrected chi connectivity index (χ4v) is 3.55.